The third kappa shape index (κ3) is 5.70. The first-order valence-corrected chi connectivity index (χ1v) is 9.17. The number of rotatable bonds is 6. The van der Waals surface area contributed by atoms with Gasteiger partial charge in [0, 0.05) is 11.1 Å². The van der Waals surface area contributed by atoms with Crippen LogP contribution >= 0.6 is 23.4 Å². The molecule has 2 rings (SSSR count). The van der Waals surface area contributed by atoms with Gasteiger partial charge in [0.25, 0.3) is 5.91 Å². The number of benzene rings is 1. The van der Waals surface area contributed by atoms with Crippen molar-refractivity contribution in [3.8, 4) is 0 Å². The van der Waals surface area contributed by atoms with E-state index in [-0.39, 0.29) is 11.5 Å². The van der Waals surface area contributed by atoms with Gasteiger partial charge < -0.3 is 10.5 Å². The SMILES string of the molecule is CC(C)[C@@H](OC(=O)c1cccnc1Sc1ccccc1Cl)C(=O)NC(N)=O. The fourth-order valence-electron chi connectivity index (χ4n) is 2.12. The molecule has 0 aliphatic carbocycles. The van der Waals surface area contributed by atoms with Gasteiger partial charge in [0.05, 0.1) is 10.6 Å². The fourth-order valence-corrected chi connectivity index (χ4v) is 3.27. The summed E-state index contributed by atoms with van der Waals surface area (Å²) < 4.78 is 5.32. The monoisotopic (exact) mass is 407 g/mol. The molecule has 0 saturated heterocycles. The zero-order chi connectivity index (χ0) is 20.0. The van der Waals surface area contributed by atoms with E-state index in [2.05, 4.69) is 4.98 Å². The number of ether oxygens (including phenoxy) is 1. The predicted octanol–water partition coefficient (Wildman–Crippen LogP) is 3.26. The van der Waals surface area contributed by atoms with E-state index in [4.69, 9.17) is 22.1 Å². The minimum Gasteiger partial charge on any atom is -0.448 e. The smallest absolute Gasteiger partial charge is 0.341 e. The zero-order valence-corrected chi connectivity index (χ0v) is 16.2. The number of pyridine rings is 1. The third-order valence-electron chi connectivity index (χ3n) is 3.38. The second kappa shape index (κ2) is 9.38. The van der Waals surface area contributed by atoms with Crippen LogP contribution in [0.15, 0.2) is 52.5 Å². The summed E-state index contributed by atoms with van der Waals surface area (Å²) in [7, 11) is 0. The molecule has 9 heteroatoms. The summed E-state index contributed by atoms with van der Waals surface area (Å²) in [4.78, 5) is 40.5. The molecule has 0 aliphatic rings. The average molecular weight is 408 g/mol. The number of primary amides is 1. The van der Waals surface area contributed by atoms with Crippen LogP contribution in [-0.4, -0.2) is 29.0 Å². The maximum absolute atomic E-state index is 12.6. The van der Waals surface area contributed by atoms with Crippen LogP contribution in [0.1, 0.15) is 24.2 Å². The van der Waals surface area contributed by atoms with Gasteiger partial charge in [-0.05, 0) is 30.2 Å². The zero-order valence-electron chi connectivity index (χ0n) is 14.6. The van der Waals surface area contributed by atoms with E-state index < -0.39 is 24.0 Å². The van der Waals surface area contributed by atoms with Crippen LogP contribution < -0.4 is 11.1 Å². The van der Waals surface area contributed by atoms with Gasteiger partial charge in [0.1, 0.15) is 5.03 Å². The molecule has 1 atom stereocenters. The quantitative estimate of drug-likeness (QED) is 0.711. The normalized spacial score (nSPS) is 11.7. The molecule has 0 fully saturated rings. The number of imide groups is 1. The molecule has 0 saturated carbocycles. The number of carbonyl (C=O) groups is 3. The first kappa shape index (κ1) is 20.7. The molecule has 0 bridgehead atoms. The molecule has 1 heterocycles. The van der Waals surface area contributed by atoms with Crippen LogP contribution in [0.25, 0.3) is 0 Å². The lowest BCUT2D eigenvalue weighted by molar-refractivity contribution is -0.130. The lowest BCUT2D eigenvalue weighted by Gasteiger charge is -2.20. The Morgan fingerprint density at radius 3 is 2.52 bits per heavy atom. The highest BCUT2D eigenvalue weighted by Gasteiger charge is 2.29. The van der Waals surface area contributed by atoms with Crippen molar-refractivity contribution in [2.24, 2.45) is 11.7 Å². The highest BCUT2D eigenvalue weighted by Crippen LogP contribution is 2.34. The van der Waals surface area contributed by atoms with Gasteiger partial charge >= 0.3 is 12.0 Å². The molecule has 142 valence electrons. The van der Waals surface area contributed by atoms with Crippen molar-refractivity contribution in [3.63, 3.8) is 0 Å². The van der Waals surface area contributed by atoms with E-state index >= 15 is 0 Å². The topological polar surface area (TPSA) is 111 Å². The molecular weight excluding hydrogens is 390 g/mol. The molecule has 1 aromatic heterocycles. The van der Waals surface area contributed by atoms with E-state index in [0.29, 0.717) is 10.0 Å². The Morgan fingerprint density at radius 2 is 1.89 bits per heavy atom. The molecule has 27 heavy (non-hydrogen) atoms. The minimum atomic E-state index is -1.18. The second-order valence-corrected chi connectivity index (χ2v) is 7.25. The third-order valence-corrected chi connectivity index (χ3v) is 4.91. The number of carbonyl (C=O) groups excluding carboxylic acids is 3. The first-order chi connectivity index (χ1) is 12.8. The summed E-state index contributed by atoms with van der Waals surface area (Å²) >= 11 is 7.37. The van der Waals surface area contributed by atoms with Crippen LogP contribution in [0.2, 0.25) is 5.02 Å². The number of halogens is 1. The summed E-state index contributed by atoms with van der Waals surface area (Å²) in [6, 6.07) is 9.25. The molecule has 7 nitrogen and oxygen atoms in total. The minimum absolute atomic E-state index is 0.181. The summed E-state index contributed by atoms with van der Waals surface area (Å²) in [6.07, 6.45) is 0.360. The number of aromatic nitrogens is 1. The predicted molar refractivity (Wildman–Crippen MR) is 102 cm³/mol. The van der Waals surface area contributed by atoms with E-state index in [9.17, 15) is 14.4 Å². The van der Waals surface area contributed by atoms with Crippen LogP contribution in [0.4, 0.5) is 4.79 Å². The van der Waals surface area contributed by atoms with Gasteiger partial charge in [-0.25, -0.2) is 14.6 Å². The summed E-state index contributed by atoms with van der Waals surface area (Å²) in [5.41, 5.74) is 5.14. The van der Waals surface area contributed by atoms with E-state index in [1.165, 1.54) is 24.0 Å². The molecule has 0 spiro atoms. The Kier molecular flexibility index (Phi) is 7.20. The summed E-state index contributed by atoms with van der Waals surface area (Å²) in [5, 5.41) is 2.83. The van der Waals surface area contributed by atoms with Gasteiger partial charge in [-0.2, -0.15) is 0 Å². The maximum Gasteiger partial charge on any atom is 0.341 e. The lowest BCUT2D eigenvalue weighted by Crippen LogP contribution is -2.45. The van der Waals surface area contributed by atoms with Crippen molar-refractivity contribution in [2.45, 2.75) is 29.9 Å². The van der Waals surface area contributed by atoms with E-state index in [0.717, 1.165) is 4.90 Å². The highest BCUT2D eigenvalue weighted by atomic mass is 35.5. The van der Waals surface area contributed by atoms with Crippen molar-refractivity contribution in [3.05, 3.63) is 53.2 Å². The molecule has 0 radical (unpaired) electrons. The van der Waals surface area contributed by atoms with Crippen molar-refractivity contribution in [2.75, 3.05) is 0 Å². The fraction of sp³-hybridized carbons (Fsp3) is 0.222. The molecule has 2 aromatic rings. The Balaban J connectivity index is 2.24. The van der Waals surface area contributed by atoms with Gasteiger partial charge in [-0.1, -0.05) is 49.3 Å². The number of hydrogen-bond acceptors (Lipinski definition) is 6. The second-order valence-electron chi connectivity index (χ2n) is 5.81. The number of hydrogen-bond donors (Lipinski definition) is 2. The molecule has 3 N–H and O–H groups in total. The number of nitrogens with zero attached hydrogens (tertiary/aromatic N) is 1. The van der Waals surface area contributed by atoms with Gasteiger partial charge in [-0.15, -0.1) is 0 Å². The molecule has 0 aliphatic heterocycles. The van der Waals surface area contributed by atoms with E-state index in [1.807, 2.05) is 11.4 Å². The molecule has 1 aromatic carbocycles. The van der Waals surface area contributed by atoms with Crippen LogP contribution in [0.3, 0.4) is 0 Å². The largest absolute Gasteiger partial charge is 0.448 e. The van der Waals surface area contributed by atoms with Crippen molar-refractivity contribution < 1.29 is 19.1 Å². The molecule has 3 amide bonds. The number of esters is 1. The van der Waals surface area contributed by atoms with Crippen molar-refractivity contribution >= 4 is 41.3 Å². The van der Waals surface area contributed by atoms with Crippen LogP contribution in [0, 0.1) is 5.92 Å². The number of nitrogens with two attached hydrogens (primary N) is 1. The van der Waals surface area contributed by atoms with E-state index in [1.54, 1.807) is 38.1 Å². The summed E-state index contributed by atoms with van der Waals surface area (Å²) in [5.74, 6) is -1.89. The van der Waals surface area contributed by atoms with Crippen LogP contribution in [0.5, 0.6) is 0 Å². The number of nitrogens with one attached hydrogen (secondary N) is 1. The first-order valence-electron chi connectivity index (χ1n) is 7.98. The van der Waals surface area contributed by atoms with Gasteiger partial charge in [0.2, 0.25) is 0 Å². The van der Waals surface area contributed by atoms with Crippen LogP contribution in [-0.2, 0) is 9.53 Å². The van der Waals surface area contributed by atoms with Gasteiger partial charge in [-0.3, -0.25) is 10.1 Å². The van der Waals surface area contributed by atoms with Crippen molar-refractivity contribution in [1.82, 2.24) is 10.3 Å². The summed E-state index contributed by atoms with van der Waals surface area (Å²) in [6.45, 7) is 3.36. The highest BCUT2D eigenvalue weighted by molar-refractivity contribution is 7.99. The Labute approximate surface area is 165 Å². The Bertz CT molecular complexity index is 860. The molecular formula is C18H18ClN3O4S. The number of urea groups is 1. The standard InChI is InChI=1S/C18H18ClN3O4S/c1-10(2)14(15(23)22-18(20)25)26-17(24)11-6-5-9-21-16(11)27-13-8-4-3-7-12(13)19/h3-10,14H,1-2H3,(H3,20,22,23,25)/t14-/m1/s1. The van der Waals surface area contributed by atoms with Gasteiger partial charge in [0.15, 0.2) is 6.10 Å². The Hall–Kier alpha value is -2.58. The number of amides is 3. The maximum atomic E-state index is 12.6. The lowest BCUT2D eigenvalue weighted by atomic mass is 10.1. The Morgan fingerprint density at radius 1 is 1.19 bits per heavy atom. The van der Waals surface area contributed by atoms with Crippen molar-refractivity contribution in [1.29, 1.82) is 0 Å². The average Bonchev–Trinajstić information content (AvgIpc) is 2.61. The molecule has 0 unspecified atom stereocenters.